The lowest BCUT2D eigenvalue weighted by Gasteiger charge is -2.13. The van der Waals surface area contributed by atoms with E-state index in [0.717, 1.165) is 17.3 Å². The Bertz CT molecular complexity index is 379. The predicted molar refractivity (Wildman–Crippen MR) is 80.3 cm³/mol. The van der Waals surface area contributed by atoms with Crippen LogP contribution in [0.2, 0.25) is 0 Å². The van der Waals surface area contributed by atoms with Crippen LogP contribution in [0.1, 0.15) is 46.0 Å². The van der Waals surface area contributed by atoms with Crippen LogP contribution in [0.5, 0.6) is 0 Å². The second-order valence-electron chi connectivity index (χ2n) is 4.88. The van der Waals surface area contributed by atoms with Crippen LogP contribution in [-0.2, 0) is 11.8 Å². The molecule has 5 heteroatoms. The van der Waals surface area contributed by atoms with Gasteiger partial charge >= 0.3 is 0 Å². The molecule has 1 N–H and O–H groups in total. The molecule has 1 aromatic heterocycles. The minimum atomic E-state index is 0.144. The van der Waals surface area contributed by atoms with Crippen molar-refractivity contribution in [3.63, 3.8) is 0 Å². The first kappa shape index (κ1) is 16.1. The Morgan fingerprint density at radius 1 is 1.53 bits per heavy atom. The van der Waals surface area contributed by atoms with E-state index >= 15 is 0 Å². The van der Waals surface area contributed by atoms with Gasteiger partial charge in [0.2, 0.25) is 5.91 Å². The highest BCUT2D eigenvalue weighted by Crippen LogP contribution is 2.15. The van der Waals surface area contributed by atoms with Gasteiger partial charge in [0.1, 0.15) is 0 Å². The Kier molecular flexibility index (Phi) is 7.63. The minimum absolute atomic E-state index is 0.144. The predicted octanol–water partition coefficient (Wildman–Crippen LogP) is 2.99. The summed E-state index contributed by atoms with van der Waals surface area (Å²) in [5.74, 6) is 0.920. The van der Waals surface area contributed by atoms with E-state index in [0.29, 0.717) is 6.42 Å². The molecule has 19 heavy (non-hydrogen) atoms. The van der Waals surface area contributed by atoms with Crippen molar-refractivity contribution in [2.45, 2.75) is 57.1 Å². The summed E-state index contributed by atoms with van der Waals surface area (Å²) in [7, 11) is 1.96. The number of amides is 1. The molecule has 0 saturated heterocycles. The monoisotopic (exact) mass is 283 g/mol. The van der Waals surface area contributed by atoms with Gasteiger partial charge in [0.25, 0.3) is 0 Å². The van der Waals surface area contributed by atoms with E-state index in [2.05, 4.69) is 24.1 Å². The van der Waals surface area contributed by atoms with E-state index in [-0.39, 0.29) is 11.9 Å². The van der Waals surface area contributed by atoms with Gasteiger partial charge in [0.05, 0.1) is 0 Å². The number of carbonyl (C=O) groups is 1. The fraction of sp³-hybridized carbons (Fsp3) is 0.714. The molecule has 4 nitrogen and oxygen atoms in total. The molecule has 108 valence electrons. The Labute approximate surface area is 120 Å². The molecule has 1 aromatic rings. The summed E-state index contributed by atoms with van der Waals surface area (Å²) in [6.07, 6.45) is 8.98. The molecule has 0 aliphatic carbocycles. The quantitative estimate of drug-likeness (QED) is 0.560. The van der Waals surface area contributed by atoms with E-state index in [4.69, 9.17) is 0 Å². The zero-order valence-corrected chi connectivity index (χ0v) is 13.0. The molecule has 1 atom stereocenters. The van der Waals surface area contributed by atoms with Crippen LogP contribution < -0.4 is 5.32 Å². The molecule has 0 spiro atoms. The first-order valence-electron chi connectivity index (χ1n) is 7.03. The topological polar surface area (TPSA) is 46.9 Å². The molecule has 1 amide bonds. The van der Waals surface area contributed by atoms with Crippen molar-refractivity contribution < 1.29 is 4.79 Å². The fourth-order valence-electron chi connectivity index (χ4n) is 1.85. The van der Waals surface area contributed by atoms with Crippen LogP contribution in [0.15, 0.2) is 17.6 Å². The molecular weight excluding hydrogens is 258 g/mol. The molecule has 0 fully saturated rings. The number of hydrogen-bond acceptors (Lipinski definition) is 3. The number of hydrogen-bond donors (Lipinski definition) is 1. The third-order valence-electron chi connectivity index (χ3n) is 2.99. The van der Waals surface area contributed by atoms with Gasteiger partial charge in [0, 0.05) is 37.7 Å². The van der Waals surface area contributed by atoms with E-state index in [1.807, 2.05) is 17.8 Å². The number of nitrogens with one attached hydrogen (secondary N) is 1. The maximum atomic E-state index is 11.7. The number of aryl methyl sites for hydroxylation is 1. The van der Waals surface area contributed by atoms with Crippen LogP contribution in [0.3, 0.4) is 0 Å². The van der Waals surface area contributed by atoms with Crippen LogP contribution in [-0.4, -0.2) is 27.3 Å². The van der Waals surface area contributed by atoms with Crippen molar-refractivity contribution in [2.75, 3.05) is 5.75 Å². The van der Waals surface area contributed by atoms with Crippen LogP contribution in [0.4, 0.5) is 0 Å². The van der Waals surface area contributed by atoms with E-state index in [1.54, 1.807) is 18.0 Å². The van der Waals surface area contributed by atoms with Gasteiger partial charge in [-0.1, -0.05) is 37.9 Å². The number of nitrogens with zero attached hydrogens (tertiary/aromatic N) is 2. The van der Waals surface area contributed by atoms with Crippen molar-refractivity contribution in [3.05, 3.63) is 12.4 Å². The maximum absolute atomic E-state index is 11.7. The third kappa shape index (κ3) is 6.66. The Morgan fingerprint density at radius 2 is 2.32 bits per heavy atom. The molecule has 1 heterocycles. The molecule has 0 radical (unpaired) electrons. The normalized spacial score (nSPS) is 12.4. The van der Waals surface area contributed by atoms with E-state index in [1.165, 1.54) is 19.3 Å². The third-order valence-corrected chi connectivity index (χ3v) is 4.05. The molecule has 0 bridgehead atoms. The highest BCUT2D eigenvalue weighted by molar-refractivity contribution is 7.99. The highest BCUT2D eigenvalue weighted by Gasteiger charge is 2.08. The highest BCUT2D eigenvalue weighted by atomic mass is 32.2. The average Bonchev–Trinajstić information content (AvgIpc) is 2.75. The minimum Gasteiger partial charge on any atom is -0.354 e. The Hall–Kier alpha value is -0.970. The first-order chi connectivity index (χ1) is 9.13. The SMILES string of the molecule is CCCCC[C@H](C)NC(=O)CCSc1nccn1C. The summed E-state index contributed by atoms with van der Waals surface area (Å²) < 4.78 is 1.97. The van der Waals surface area contributed by atoms with Crippen molar-refractivity contribution in [2.24, 2.45) is 7.05 Å². The van der Waals surface area contributed by atoms with Gasteiger partial charge in [-0.15, -0.1) is 0 Å². The molecule has 0 aromatic carbocycles. The van der Waals surface area contributed by atoms with Crippen LogP contribution >= 0.6 is 11.8 Å². The largest absolute Gasteiger partial charge is 0.354 e. The van der Waals surface area contributed by atoms with Gasteiger partial charge in [-0.25, -0.2) is 4.98 Å². The second-order valence-corrected chi connectivity index (χ2v) is 5.95. The summed E-state index contributed by atoms with van der Waals surface area (Å²) in [4.78, 5) is 16.0. The molecule has 1 rings (SSSR count). The second kappa shape index (κ2) is 9.02. The number of aromatic nitrogens is 2. The number of thioether (sulfide) groups is 1. The lowest BCUT2D eigenvalue weighted by atomic mass is 10.1. The van der Waals surface area contributed by atoms with Crippen LogP contribution in [0, 0.1) is 0 Å². The molecule has 0 aliphatic heterocycles. The maximum Gasteiger partial charge on any atom is 0.221 e. The summed E-state index contributed by atoms with van der Waals surface area (Å²) >= 11 is 1.62. The molecule has 0 saturated carbocycles. The summed E-state index contributed by atoms with van der Waals surface area (Å²) in [6.45, 7) is 4.28. The van der Waals surface area contributed by atoms with Crippen LogP contribution in [0.25, 0.3) is 0 Å². The van der Waals surface area contributed by atoms with Gasteiger partial charge in [-0.05, 0) is 13.3 Å². The number of rotatable bonds is 9. The van der Waals surface area contributed by atoms with Gasteiger partial charge in [-0.3, -0.25) is 4.79 Å². The number of unbranched alkanes of at least 4 members (excludes halogenated alkanes) is 2. The number of carbonyl (C=O) groups excluding carboxylic acids is 1. The first-order valence-corrected chi connectivity index (χ1v) is 8.01. The zero-order chi connectivity index (χ0) is 14.1. The van der Waals surface area contributed by atoms with Gasteiger partial charge in [-0.2, -0.15) is 0 Å². The zero-order valence-electron chi connectivity index (χ0n) is 12.2. The standard InChI is InChI=1S/C14H25N3OS/c1-4-5-6-7-12(2)16-13(18)8-11-19-14-15-9-10-17(14)3/h9-10,12H,4-8,11H2,1-3H3,(H,16,18)/t12-/m0/s1. The van der Waals surface area contributed by atoms with Crippen molar-refractivity contribution in [1.82, 2.24) is 14.9 Å². The van der Waals surface area contributed by atoms with Crippen molar-refractivity contribution >= 4 is 17.7 Å². The molecule has 0 aliphatic rings. The lowest BCUT2D eigenvalue weighted by Crippen LogP contribution is -2.32. The lowest BCUT2D eigenvalue weighted by molar-refractivity contribution is -0.121. The van der Waals surface area contributed by atoms with Gasteiger partial charge in [0.15, 0.2) is 5.16 Å². The van der Waals surface area contributed by atoms with Gasteiger partial charge < -0.3 is 9.88 Å². The van der Waals surface area contributed by atoms with Crippen molar-refractivity contribution in [3.8, 4) is 0 Å². The number of imidazole rings is 1. The molecule has 0 unspecified atom stereocenters. The summed E-state index contributed by atoms with van der Waals surface area (Å²) in [5.41, 5.74) is 0. The van der Waals surface area contributed by atoms with Crippen molar-refractivity contribution in [1.29, 1.82) is 0 Å². The summed E-state index contributed by atoms with van der Waals surface area (Å²) in [6, 6.07) is 0.289. The fourth-order valence-corrected chi connectivity index (χ4v) is 2.72. The summed E-state index contributed by atoms with van der Waals surface area (Å²) in [5, 5.41) is 4.02. The molecular formula is C14H25N3OS. The van der Waals surface area contributed by atoms with E-state index in [9.17, 15) is 4.79 Å². The Balaban J connectivity index is 2.12. The smallest absolute Gasteiger partial charge is 0.221 e. The average molecular weight is 283 g/mol. The Morgan fingerprint density at radius 3 is 2.95 bits per heavy atom. The van der Waals surface area contributed by atoms with E-state index < -0.39 is 0 Å².